The summed E-state index contributed by atoms with van der Waals surface area (Å²) in [7, 11) is 0. The maximum absolute atomic E-state index is 10.1. The minimum absolute atomic E-state index is 0.188. The van der Waals surface area contributed by atoms with Crippen LogP contribution in [0, 0.1) is 0 Å². The lowest BCUT2D eigenvalue weighted by Gasteiger charge is -2.12. The molecule has 3 N–H and O–H groups in total. The Morgan fingerprint density at radius 3 is 2.67 bits per heavy atom. The van der Waals surface area contributed by atoms with Crippen LogP contribution < -0.4 is 5.73 Å². The van der Waals surface area contributed by atoms with Gasteiger partial charge in [-0.3, -0.25) is 0 Å². The maximum Gasteiger partial charge on any atom is 0.141 e. The zero-order valence-corrected chi connectivity index (χ0v) is 5.03. The van der Waals surface area contributed by atoms with Crippen LogP contribution >= 0.6 is 0 Å². The molecule has 1 saturated heterocycles. The first-order valence-electron chi connectivity index (χ1n) is 2.92. The van der Waals surface area contributed by atoms with Gasteiger partial charge < -0.3 is 15.7 Å². The number of nitrogens with two attached hydrogens (primary N) is 1. The van der Waals surface area contributed by atoms with Crippen molar-refractivity contribution in [2.45, 2.75) is 18.5 Å². The van der Waals surface area contributed by atoms with Crippen molar-refractivity contribution in [3.05, 3.63) is 0 Å². The first-order chi connectivity index (χ1) is 4.25. The molecule has 1 fully saturated rings. The zero-order valence-electron chi connectivity index (χ0n) is 5.03. The molecule has 1 rings (SSSR count). The molecule has 0 amide bonds. The number of hydrogen-bond acceptors (Lipinski definition) is 4. The van der Waals surface area contributed by atoms with Crippen molar-refractivity contribution in [2.75, 3.05) is 6.54 Å². The van der Waals surface area contributed by atoms with E-state index in [4.69, 9.17) is 10.9 Å². The van der Waals surface area contributed by atoms with E-state index in [2.05, 4.69) is 0 Å². The summed E-state index contributed by atoms with van der Waals surface area (Å²) in [6.07, 6.45) is 1.37. The van der Waals surface area contributed by atoms with Crippen LogP contribution in [0.3, 0.4) is 0 Å². The highest BCUT2D eigenvalue weighted by molar-refractivity contribution is 5.59. The molecule has 2 atom stereocenters. The van der Waals surface area contributed by atoms with E-state index < -0.39 is 6.04 Å². The van der Waals surface area contributed by atoms with Crippen molar-refractivity contribution >= 4 is 6.29 Å². The Labute approximate surface area is 53.2 Å². The smallest absolute Gasteiger partial charge is 0.141 e. The first-order valence-corrected chi connectivity index (χ1v) is 2.92. The summed E-state index contributed by atoms with van der Waals surface area (Å²) >= 11 is 0. The highest BCUT2D eigenvalue weighted by Gasteiger charge is 2.29. The monoisotopic (exact) mass is 130 g/mol. The fraction of sp³-hybridized carbons (Fsp3) is 0.800. The second kappa shape index (κ2) is 2.43. The van der Waals surface area contributed by atoms with Gasteiger partial charge in [0.25, 0.3) is 0 Å². The Morgan fingerprint density at radius 1 is 1.78 bits per heavy atom. The second-order valence-electron chi connectivity index (χ2n) is 2.24. The lowest BCUT2D eigenvalue weighted by Crippen LogP contribution is -2.38. The van der Waals surface area contributed by atoms with Crippen LogP contribution in [-0.2, 0) is 4.79 Å². The van der Waals surface area contributed by atoms with Gasteiger partial charge in [-0.1, -0.05) is 0 Å². The van der Waals surface area contributed by atoms with Crippen molar-refractivity contribution in [3.63, 3.8) is 0 Å². The van der Waals surface area contributed by atoms with E-state index in [0.717, 1.165) is 5.06 Å². The molecule has 52 valence electrons. The van der Waals surface area contributed by atoms with Crippen molar-refractivity contribution < 1.29 is 10.0 Å². The molecule has 0 bridgehead atoms. The van der Waals surface area contributed by atoms with Crippen LogP contribution in [0.25, 0.3) is 0 Å². The SMILES string of the molecule is NC1CCN(O)C1C=O. The van der Waals surface area contributed by atoms with E-state index in [1.807, 2.05) is 0 Å². The molecule has 0 spiro atoms. The summed E-state index contributed by atoms with van der Waals surface area (Å²) in [5.74, 6) is 0. The average Bonchev–Trinajstić information content (AvgIpc) is 2.12. The Kier molecular flexibility index (Phi) is 1.80. The van der Waals surface area contributed by atoms with Gasteiger partial charge >= 0.3 is 0 Å². The molecule has 1 heterocycles. The lowest BCUT2D eigenvalue weighted by molar-refractivity contribution is -0.133. The van der Waals surface area contributed by atoms with E-state index >= 15 is 0 Å². The van der Waals surface area contributed by atoms with Crippen molar-refractivity contribution in [3.8, 4) is 0 Å². The quantitative estimate of drug-likeness (QED) is 0.446. The number of rotatable bonds is 1. The van der Waals surface area contributed by atoms with E-state index in [0.29, 0.717) is 19.3 Å². The minimum atomic E-state index is -0.481. The topological polar surface area (TPSA) is 66.6 Å². The van der Waals surface area contributed by atoms with Gasteiger partial charge in [-0.15, -0.1) is 0 Å². The summed E-state index contributed by atoms with van der Waals surface area (Å²) in [6.45, 7) is 0.505. The van der Waals surface area contributed by atoms with Crippen LogP contribution in [0.1, 0.15) is 6.42 Å². The molecule has 1 aliphatic heterocycles. The molecule has 9 heavy (non-hydrogen) atoms. The Balaban J connectivity index is 2.54. The van der Waals surface area contributed by atoms with Gasteiger partial charge in [-0.05, 0) is 6.42 Å². The number of hydroxylamine groups is 2. The molecule has 0 saturated carbocycles. The third kappa shape index (κ3) is 1.10. The van der Waals surface area contributed by atoms with Crippen LogP contribution in [0.5, 0.6) is 0 Å². The molecule has 4 heteroatoms. The van der Waals surface area contributed by atoms with E-state index in [1.165, 1.54) is 0 Å². The second-order valence-corrected chi connectivity index (χ2v) is 2.24. The predicted molar refractivity (Wildman–Crippen MR) is 30.9 cm³/mol. The molecule has 4 nitrogen and oxygen atoms in total. The maximum atomic E-state index is 10.1. The zero-order chi connectivity index (χ0) is 6.85. The fourth-order valence-corrected chi connectivity index (χ4v) is 0.993. The van der Waals surface area contributed by atoms with Gasteiger partial charge in [-0.25, -0.2) is 0 Å². The molecule has 0 aliphatic carbocycles. The molecule has 0 aromatic rings. The van der Waals surface area contributed by atoms with E-state index in [-0.39, 0.29) is 6.04 Å². The normalized spacial score (nSPS) is 37.1. The summed E-state index contributed by atoms with van der Waals surface area (Å²) in [6, 6.07) is -0.669. The van der Waals surface area contributed by atoms with Crippen LogP contribution in [0.15, 0.2) is 0 Å². The largest absolute Gasteiger partial charge is 0.326 e. The highest BCUT2D eigenvalue weighted by atomic mass is 16.5. The Morgan fingerprint density at radius 2 is 2.44 bits per heavy atom. The summed E-state index contributed by atoms with van der Waals surface area (Å²) in [5, 5.41) is 9.87. The molecule has 1 aliphatic rings. The number of carbonyl (C=O) groups is 1. The minimum Gasteiger partial charge on any atom is -0.326 e. The number of nitrogens with zero attached hydrogens (tertiary/aromatic N) is 1. The molecule has 2 unspecified atom stereocenters. The van der Waals surface area contributed by atoms with Crippen LogP contribution in [0.4, 0.5) is 0 Å². The van der Waals surface area contributed by atoms with Crippen molar-refractivity contribution in [1.29, 1.82) is 0 Å². The van der Waals surface area contributed by atoms with Crippen LogP contribution in [0.2, 0.25) is 0 Å². The molecule has 0 aromatic heterocycles. The number of aldehydes is 1. The third-order valence-corrected chi connectivity index (χ3v) is 1.61. The summed E-state index contributed by atoms with van der Waals surface area (Å²) in [5.41, 5.74) is 5.45. The van der Waals surface area contributed by atoms with Crippen molar-refractivity contribution in [1.82, 2.24) is 5.06 Å². The van der Waals surface area contributed by atoms with Gasteiger partial charge in [0.2, 0.25) is 0 Å². The molecular formula is C5H10N2O2. The summed E-state index contributed by atoms with van der Waals surface area (Å²) < 4.78 is 0. The fourth-order valence-electron chi connectivity index (χ4n) is 0.993. The predicted octanol–water partition coefficient (Wildman–Crippen LogP) is -1.02. The number of carbonyl (C=O) groups excluding carboxylic acids is 1. The van der Waals surface area contributed by atoms with E-state index in [1.54, 1.807) is 0 Å². The Bertz CT molecular complexity index is 108. The lowest BCUT2D eigenvalue weighted by atomic mass is 10.2. The number of hydrogen-bond donors (Lipinski definition) is 2. The van der Waals surface area contributed by atoms with Gasteiger partial charge in [0.1, 0.15) is 12.3 Å². The van der Waals surface area contributed by atoms with Crippen LogP contribution in [-0.4, -0.2) is 35.2 Å². The molecule has 0 radical (unpaired) electrons. The Hall–Kier alpha value is -0.450. The molecular weight excluding hydrogens is 120 g/mol. The van der Waals surface area contributed by atoms with Gasteiger partial charge in [0.15, 0.2) is 0 Å². The van der Waals surface area contributed by atoms with Crippen molar-refractivity contribution in [2.24, 2.45) is 5.73 Å². The highest BCUT2D eigenvalue weighted by Crippen LogP contribution is 2.10. The average molecular weight is 130 g/mol. The molecule has 0 aromatic carbocycles. The van der Waals surface area contributed by atoms with Gasteiger partial charge in [0.05, 0.1) is 0 Å². The first kappa shape index (κ1) is 6.67. The standard InChI is InChI=1S/C5H10N2O2/c6-4-1-2-7(9)5(4)3-8/h3-5,9H,1-2,6H2. The van der Waals surface area contributed by atoms with Gasteiger partial charge in [-0.2, -0.15) is 5.06 Å². The van der Waals surface area contributed by atoms with E-state index in [9.17, 15) is 4.79 Å². The summed E-state index contributed by atoms with van der Waals surface area (Å²) in [4.78, 5) is 10.1. The third-order valence-electron chi connectivity index (χ3n) is 1.61. The van der Waals surface area contributed by atoms with Gasteiger partial charge in [0, 0.05) is 12.6 Å².